The number of H-pyrrole nitrogens is 1. The molecule has 2 rings (SSSR count). The lowest BCUT2D eigenvalue weighted by atomic mass is 10.2. The van der Waals surface area contributed by atoms with Crippen molar-refractivity contribution >= 4 is 29.3 Å². The van der Waals surface area contributed by atoms with E-state index in [9.17, 15) is 4.79 Å². The van der Waals surface area contributed by atoms with Crippen molar-refractivity contribution in [2.45, 2.75) is 45.0 Å². The molecule has 0 fully saturated rings. The second kappa shape index (κ2) is 8.94. The van der Waals surface area contributed by atoms with E-state index in [-0.39, 0.29) is 18.6 Å². The molecule has 0 aliphatic rings. The highest BCUT2D eigenvalue weighted by Crippen LogP contribution is 2.21. The fourth-order valence-electron chi connectivity index (χ4n) is 1.81. The fraction of sp³-hybridized carbons (Fsp3) is 0.438. The highest BCUT2D eigenvalue weighted by atomic mass is 35.5. The van der Waals surface area contributed by atoms with Crippen LogP contribution >= 0.6 is 23.4 Å². The minimum absolute atomic E-state index is 0.0198. The molecule has 0 saturated carbocycles. The molecule has 2 aromatic rings. The number of aromatic amines is 1. The van der Waals surface area contributed by atoms with E-state index < -0.39 is 0 Å². The van der Waals surface area contributed by atoms with Gasteiger partial charge in [-0.1, -0.05) is 30.3 Å². The van der Waals surface area contributed by atoms with Crippen molar-refractivity contribution in [2.24, 2.45) is 0 Å². The standard InChI is InChI=1S/C16H21ClN4O2S/c1-4-11(3)18-15(22)9-24-16-19-14(20-21-16)8-23-12-5-6-13(17)10(2)7-12/h5-7,11H,4,8-9H2,1-3H3,(H,18,22)(H,19,20,21)/t11-/m0/s1. The first-order valence-corrected chi connectivity index (χ1v) is 9.06. The van der Waals surface area contributed by atoms with Crippen LogP contribution in [0.4, 0.5) is 0 Å². The average Bonchev–Trinajstić information content (AvgIpc) is 3.02. The number of amides is 1. The first kappa shape index (κ1) is 18.6. The maximum Gasteiger partial charge on any atom is 0.230 e. The van der Waals surface area contributed by atoms with Gasteiger partial charge in [0.25, 0.3) is 0 Å². The van der Waals surface area contributed by atoms with Crippen molar-refractivity contribution in [3.05, 3.63) is 34.6 Å². The van der Waals surface area contributed by atoms with Crippen molar-refractivity contribution in [3.8, 4) is 5.75 Å². The van der Waals surface area contributed by atoms with Crippen LogP contribution in [0.2, 0.25) is 5.02 Å². The zero-order valence-corrected chi connectivity index (χ0v) is 15.5. The highest BCUT2D eigenvalue weighted by molar-refractivity contribution is 7.99. The Hall–Kier alpha value is -1.73. The monoisotopic (exact) mass is 368 g/mol. The fourth-order valence-corrected chi connectivity index (χ4v) is 2.56. The number of carbonyl (C=O) groups is 1. The molecule has 24 heavy (non-hydrogen) atoms. The largest absolute Gasteiger partial charge is 0.486 e. The summed E-state index contributed by atoms with van der Waals surface area (Å²) in [6.07, 6.45) is 0.905. The minimum Gasteiger partial charge on any atom is -0.486 e. The number of aryl methyl sites for hydroxylation is 1. The number of carbonyl (C=O) groups excluding carboxylic acids is 1. The van der Waals surface area contributed by atoms with Gasteiger partial charge in [0.2, 0.25) is 11.1 Å². The van der Waals surface area contributed by atoms with Crippen LogP contribution in [-0.4, -0.2) is 32.9 Å². The first-order valence-electron chi connectivity index (χ1n) is 7.70. The van der Waals surface area contributed by atoms with Gasteiger partial charge < -0.3 is 10.1 Å². The number of halogens is 1. The van der Waals surface area contributed by atoms with E-state index in [2.05, 4.69) is 20.5 Å². The summed E-state index contributed by atoms with van der Waals surface area (Å²) in [5.41, 5.74) is 0.954. The molecule has 130 valence electrons. The van der Waals surface area contributed by atoms with Crippen LogP contribution in [0, 0.1) is 6.92 Å². The van der Waals surface area contributed by atoms with Crippen LogP contribution < -0.4 is 10.1 Å². The Morgan fingerprint density at radius 3 is 3.00 bits per heavy atom. The summed E-state index contributed by atoms with van der Waals surface area (Å²) >= 11 is 7.27. The molecule has 0 aliphatic heterocycles. The van der Waals surface area contributed by atoms with Gasteiger partial charge in [0, 0.05) is 11.1 Å². The quantitative estimate of drug-likeness (QED) is 0.698. The third-order valence-corrected chi connectivity index (χ3v) is 4.64. The summed E-state index contributed by atoms with van der Waals surface area (Å²) in [5, 5.41) is 11.0. The van der Waals surface area contributed by atoms with Crippen LogP contribution in [0.1, 0.15) is 31.7 Å². The molecule has 1 amide bonds. The number of thioether (sulfide) groups is 1. The van der Waals surface area contributed by atoms with E-state index >= 15 is 0 Å². The van der Waals surface area contributed by atoms with E-state index in [4.69, 9.17) is 16.3 Å². The molecule has 0 unspecified atom stereocenters. The van der Waals surface area contributed by atoms with Crippen LogP contribution in [0.5, 0.6) is 5.75 Å². The van der Waals surface area contributed by atoms with Crippen LogP contribution in [0.15, 0.2) is 23.4 Å². The lowest BCUT2D eigenvalue weighted by molar-refractivity contribution is -0.119. The van der Waals surface area contributed by atoms with Gasteiger partial charge in [-0.2, -0.15) is 0 Å². The molecule has 0 saturated heterocycles. The van der Waals surface area contributed by atoms with Crippen LogP contribution in [-0.2, 0) is 11.4 Å². The van der Waals surface area contributed by atoms with Crippen molar-refractivity contribution in [3.63, 3.8) is 0 Å². The number of benzene rings is 1. The van der Waals surface area contributed by atoms with Gasteiger partial charge in [0.15, 0.2) is 5.82 Å². The Labute approximate surface area is 150 Å². The number of rotatable bonds is 8. The zero-order valence-electron chi connectivity index (χ0n) is 13.9. The summed E-state index contributed by atoms with van der Waals surface area (Å²) in [7, 11) is 0. The van der Waals surface area contributed by atoms with Gasteiger partial charge in [-0.25, -0.2) is 4.98 Å². The van der Waals surface area contributed by atoms with Gasteiger partial charge in [0.1, 0.15) is 12.4 Å². The molecular formula is C16H21ClN4O2S. The average molecular weight is 369 g/mol. The number of aromatic nitrogens is 3. The van der Waals surface area contributed by atoms with Gasteiger partial charge in [-0.3, -0.25) is 9.89 Å². The first-order chi connectivity index (χ1) is 11.5. The van der Waals surface area contributed by atoms with Gasteiger partial charge in [-0.15, -0.1) is 5.10 Å². The van der Waals surface area contributed by atoms with Crippen molar-refractivity contribution < 1.29 is 9.53 Å². The lowest BCUT2D eigenvalue weighted by Gasteiger charge is -2.09. The molecule has 0 spiro atoms. The summed E-state index contributed by atoms with van der Waals surface area (Å²) in [6, 6.07) is 5.65. The Morgan fingerprint density at radius 2 is 2.29 bits per heavy atom. The van der Waals surface area contributed by atoms with E-state index in [1.165, 1.54) is 11.8 Å². The second-order valence-electron chi connectivity index (χ2n) is 5.43. The number of hydrogen-bond donors (Lipinski definition) is 2. The van der Waals surface area contributed by atoms with Gasteiger partial charge in [0.05, 0.1) is 5.75 Å². The molecule has 0 radical (unpaired) electrons. The molecule has 1 aromatic carbocycles. The third kappa shape index (κ3) is 5.72. The predicted octanol–water partition coefficient (Wildman–Crippen LogP) is 3.35. The Kier molecular flexibility index (Phi) is 6.93. The molecule has 1 heterocycles. The molecule has 1 atom stereocenters. The van der Waals surface area contributed by atoms with E-state index in [0.717, 1.165) is 17.7 Å². The molecule has 2 N–H and O–H groups in total. The van der Waals surface area contributed by atoms with E-state index in [0.29, 0.717) is 21.8 Å². The molecule has 0 bridgehead atoms. The number of nitrogens with one attached hydrogen (secondary N) is 2. The van der Waals surface area contributed by atoms with Crippen molar-refractivity contribution in [1.29, 1.82) is 0 Å². The maximum atomic E-state index is 11.7. The SMILES string of the molecule is CC[C@H](C)NC(=O)CSc1n[nH]c(COc2ccc(Cl)c(C)c2)n1. The van der Waals surface area contributed by atoms with Crippen LogP contribution in [0.3, 0.4) is 0 Å². The van der Waals surface area contributed by atoms with Gasteiger partial charge in [-0.05, 0) is 44.0 Å². The summed E-state index contributed by atoms with van der Waals surface area (Å²) in [6.45, 7) is 6.20. The van der Waals surface area contributed by atoms with Crippen molar-refractivity contribution in [1.82, 2.24) is 20.5 Å². The molecule has 6 nitrogen and oxygen atoms in total. The zero-order chi connectivity index (χ0) is 17.5. The number of ether oxygens (including phenoxy) is 1. The Bertz CT molecular complexity index is 692. The molecule has 8 heteroatoms. The smallest absolute Gasteiger partial charge is 0.230 e. The van der Waals surface area contributed by atoms with Crippen molar-refractivity contribution in [2.75, 3.05) is 5.75 Å². The number of nitrogens with zero attached hydrogens (tertiary/aromatic N) is 2. The van der Waals surface area contributed by atoms with Crippen LogP contribution in [0.25, 0.3) is 0 Å². The van der Waals surface area contributed by atoms with E-state index in [1.54, 1.807) is 12.1 Å². The van der Waals surface area contributed by atoms with E-state index in [1.807, 2.05) is 26.8 Å². The minimum atomic E-state index is -0.0198. The third-order valence-electron chi connectivity index (χ3n) is 3.37. The Morgan fingerprint density at radius 1 is 1.50 bits per heavy atom. The lowest BCUT2D eigenvalue weighted by Crippen LogP contribution is -2.33. The maximum absolute atomic E-state index is 11.7. The predicted molar refractivity (Wildman–Crippen MR) is 95.5 cm³/mol. The van der Waals surface area contributed by atoms with Gasteiger partial charge >= 0.3 is 0 Å². The summed E-state index contributed by atoms with van der Waals surface area (Å²) < 4.78 is 5.65. The summed E-state index contributed by atoms with van der Waals surface area (Å²) in [5.74, 6) is 1.59. The number of hydrogen-bond acceptors (Lipinski definition) is 5. The highest BCUT2D eigenvalue weighted by Gasteiger charge is 2.10. The normalized spacial score (nSPS) is 12.0. The Balaban J connectivity index is 1.80. The molecule has 0 aliphatic carbocycles. The summed E-state index contributed by atoms with van der Waals surface area (Å²) in [4.78, 5) is 16.0. The molecule has 1 aromatic heterocycles. The topological polar surface area (TPSA) is 79.9 Å². The molecular weight excluding hydrogens is 348 g/mol. The second-order valence-corrected chi connectivity index (χ2v) is 6.78.